The molecule has 116 valence electrons. The minimum atomic E-state index is -0.273. The van der Waals surface area contributed by atoms with Crippen LogP contribution < -0.4 is 10.6 Å². The van der Waals surface area contributed by atoms with Gasteiger partial charge in [0.1, 0.15) is 0 Å². The van der Waals surface area contributed by atoms with Gasteiger partial charge in [-0.25, -0.2) is 0 Å². The molecule has 0 bridgehead atoms. The number of benzene rings is 1. The van der Waals surface area contributed by atoms with E-state index in [1.54, 1.807) is 6.07 Å². The molecule has 1 amide bonds. The van der Waals surface area contributed by atoms with Crippen molar-refractivity contribution in [2.45, 2.75) is 20.4 Å². The average molecular weight is 323 g/mol. The van der Waals surface area contributed by atoms with E-state index in [2.05, 4.69) is 20.9 Å². The molecule has 0 atom stereocenters. The second kappa shape index (κ2) is 6.95. The number of nitrogens with zero attached hydrogens (tertiary/aromatic N) is 2. The lowest BCUT2D eigenvalue weighted by atomic mass is 10.1. The average Bonchev–Trinajstić information content (AvgIpc) is 2.90. The van der Waals surface area contributed by atoms with Crippen molar-refractivity contribution in [1.82, 2.24) is 10.5 Å². The molecule has 2 aromatic rings. The van der Waals surface area contributed by atoms with Crippen LogP contribution in [0.4, 0.5) is 5.82 Å². The Kier molecular flexibility index (Phi) is 5.00. The highest BCUT2D eigenvalue weighted by Gasteiger charge is 2.13. The number of rotatable bonds is 4. The van der Waals surface area contributed by atoms with E-state index in [-0.39, 0.29) is 23.3 Å². The van der Waals surface area contributed by atoms with Gasteiger partial charge in [-0.05, 0) is 30.2 Å². The molecule has 0 fully saturated rings. The molecule has 7 nitrogen and oxygen atoms in total. The number of hydrogen-bond donors (Lipinski definition) is 3. The molecule has 1 aromatic heterocycles. The first-order valence-corrected chi connectivity index (χ1v) is 6.83. The number of hydrogen-bond acceptors (Lipinski definition) is 5. The Morgan fingerprint density at radius 1 is 1.45 bits per heavy atom. The van der Waals surface area contributed by atoms with Crippen molar-refractivity contribution >= 4 is 29.2 Å². The summed E-state index contributed by atoms with van der Waals surface area (Å²) < 4.78 is 5.02. The van der Waals surface area contributed by atoms with Crippen LogP contribution in [0.5, 0.6) is 0 Å². The van der Waals surface area contributed by atoms with Crippen molar-refractivity contribution in [2.24, 2.45) is 5.16 Å². The molecule has 0 aliphatic carbocycles. The first kappa shape index (κ1) is 15.8. The van der Waals surface area contributed by atoms with E-state index in [1.165, 1.54) is 13.0 Å². The summed E-state index contributed by atoms with van der Waals surface area (Å²) in [4.78, 5) is 10.9. The Morgan fingerprint density at radius 3 is 2.91 bits per heavy atom. The number of amidine groups is 1. The minimum absolute atomic E-state index is 0.100. The lowest BCUT2D eigenvalue weighted by Gasteiger charge is -2.08. The van der Waals surface area contributed by atoms with Gasteiger partial charge >= 0.3 is 0 Å². The SMILES string of the molecule is CC(=O)Nc1cc(C(=NO)NCc2cc(Cl)ccc2C)on1. The number of anilines is 1. The molecule has 1 aromatic carbocycles. The van der Waals surface area contributed by atoms with Crippen LogP contribution in [-0.4, -0.2) is 22.1 Å². The lowest BCUT2D eigenvalue weighted by Crippen LogP contribution is -2.24. The molecular formula is C14H15ClN4O3. The molecule has 8 heteroatoms. The summed E-state index contributed by atoms with van der Waals surface area (Å²) in [5.41, 5.74) is 2.00. The monoisotopic (exact) mass is 322 g/mol. The molecule has 0 radical (unpaired) electrons. The van der Waals surface area contributed by atoms with Crippen molar-refractivity contribution in [3.05, 3.63) is 46.2 Å². The molecule has 2 rings (SSSR count). The van der Waals surface area contributed by atoms with Crippen molar-refractivity contribution < 1.29 is 14.5 Å². The number of halogens is 1. The van der Waals surface area contributed by atoms with Gasteiger partial charge in [0.15, 0.2) is 5.82 Å². The van der Waals surface area contributed by atoms with Crippen LogP contribution in [0.15, 0.2) is 33.9 Å². The summed E-state index contributed by atoms with van der Waals surface area (Å²) in [6.07, 6.45) is 0. The Morgan fingerprint density at radius 2 is 2.23 bits per heavy atom. The Labute approximate surface area is 131 Å². The normalized spacial score (nSPS) is 11.3. The van der Waals surface area contributed by atoms with Crippen LogP contribution in [0.25, 0.3) is 0 Å². The molecular weight excluding hydrogens is 308 g/mol. The van der Waals surface area contributed by atoms with Crippen LogP contribution in [0.2, 0.25) is 5.02 Å². The minimum Gasteiger partial charge on any atom is -0.409 e. The number of aryl methyl sites for hydroxylation is 1. The van der Waals surface area contributed by atoms with Gasteiger partial charge in [-0.15, -0.1) is 0 Å². The van der Waals surface area contributed by atoms with E-state index in [9.17, 15) is 4.79 Å². The van der Waals surface area contributed by atoms with Crippen molar-refractivity contribution in [1.29, 1.82) is 0 Å². The largest absolute Gasteiger partial charge is 0.409 e. The van der Waals surface area contributed by atoms with Crippen LogP contribution in [0, 0.1) is 6.92 Å². The van der Waals surface area contributed by atoms with Gasteiger partial charge < -0.3 is 20.4 Å². The number of nitrogens with one attached hydrogen (secondary N) is 2. The number of aromatic nitrogens is 1. The highest BCUT2D eigenvalue weighted by atomic mass is 35.5. The topological polar surface area (TPSA) is 99.8 Å². The van der Waals surface area contributed by atoms with E-state index in [0.29, 0.717) is 11.6 Å². The number of carbonyl (C=O) groups is 1. The van der Waals surface area contributed by atoms with Crippen molar-refractivity contribution in [3.8, 4) is 0 Å². The van der Waals surface area contributed by atoms with E-state index in [0.717, 1.165) is 11.1 Å². The fourth-order valence-corrected chi connectivity index (χ4v) is 2.00. The summed E-state index contributed by atoms with van der Waals surface area (Å²) >= 11 is 5.96. The van der Waals surface area contributed by atoms with Gasteiger partial charge in [0.2, 0.25) is 17.5 Å². The van der Waals surface area contributed by atoms with Gasteiger partial charge in [-0.2, -0.15) is 0 Å². The van der Waals surface area contributed by atoms with E-state index < -0.39 is 0 Å². The van der Waals surface area contributed by atoms with Crippen LogP contribution in [0.1, 0.15) is 23.8 Å². The van der Waals surface area contributed by atoms with Gasteiger partial charge in [0.05, 0.1) is 0 Å². The molecule has 0 aliphatic heterocycles. The van der Waals surface area contributed by atoms with Gasteiger partial charge in [0, 0.05) is 24.6 Å². The summed E-state index contributed by atoms with van der Waals surface area (Å²) in [6, 6.07) is 6.98. The summed E-state index contributed by atoms with van der Waals surface area (Å²) in [5, 5.41) is 21.9. The number of carbonyl (C=O) groups excluding carboxylic acids is 1. The second-order valence-corrected chi connectivity index (χ2v) is 5.07. The van der Waals surface area contributed by atoms with Crippen molar-refractivity contribution in [2.75, 3.05) is 5.32 Å². The zero-order valence-electron chi connectivity index (χ0n) is 12.1. The first-order valence-electron chi connectivity index (χ1n) is 6.45. The fraction of sp³-hybridized carbons (Fsp3) is 0.214. The predicted octanol–water partition coefficient (Wildman–Crippen LogP) is 2.52. The molecule has 0 unspecified atom stereocenters. The molecule has 0 saturated heterocycles. The van der Waals surface area contributed by atoms with E-state index in [4.69, 9.17) is 21.3 Å². The maximum absolute atomic E-state index is 10.9. The van der Waals surface area contributed by atoms with Crippen LogP contribution >= 0.6 is 11.6 Å². The van der Waals surface area contributed by atoms with Crippen molar-refractivity contribution in [3.63, 3.8) is 0 Å². The first-order chi connectivity index (χ1) is 10.5. The number of amides is 1. The molecule has 0 aliphatic rings. The summed E-state index contributed by atoms with van der Waals surface area (Å²) in [5.74, 6) is 0.267. The van der Waals surface area contributed by atoms with Gasteiger partial charge in [-0.3, -0.25) is 4.79 Å². The van der Waals surface area contributed by atoms with E-state index >= 15 is 0 Å². The number of oxime groups is 1. The highest BCUT2D eigenvalue weighted by molar-refractivity contribution is 6.30. The van der Waals surface area contributed by atoms with Crippen LogP contribution in [0.3, 0.4) is 0 Å². The summed E-state index contributed by atoms with van der Waals surface area (Å²) in [6.45, 7) is 3.70. The second-order valence-electron chi connectivity index (χ2n) is 4.63. The van der Waals surface area contributed by atoms with Gasteiger partial charge in [-0.1, -0.05) is 28.0 Å². The third-order valence-corrected chi connectivity index (χ3v) is 3.14. The zero-order chi connectivity index (χ0) is 16.1. The molecule has 3 N–H and O–H groups in total. The third kappa shape index (κ3) is 3.98. The molecule has 22 heavy (non-hydrogen) atoms. The Bertz CT molecular complexity index is 712. The quantitative estimate of drug-likeness (QED) is 0.347. The van der Waals surface area contributed by atoms with E-state index in [1.807, 2.05) is 19.1 Å². The molecule has 0 saturated carbocycles. The zero-order valence-corrected chi connectivity index (χ0v) is 12.8. The Hall–Kier alpha value is -2.54. The standard InChI is InChI=1S/C14H15ClN4O3/c1-8-3-4-11(15)5-10(8)7-16-14(18-21)12-6-13(19-22-12)17-9(2)20/h3-6,21H,7H2,1-2H3,(H,16,18)(H,17,19,20). The maximum atomic E-state index is 10.9. The predicted molar refractivity (Wildman–Crippen MR) is 82.2 cm³/mol. The van der Waals surface area contributed by atoms with Gasteiger partial charge in [0.25, 0.3) is 0 Å². The fourth-order valence-electron chi connectivity index (χ4n) is 1.81. The van der Waals surface area contributed by atoms with Crippen LogP contribution in [-0.2, 0) is 11.3 Å². The molecule has 0 spiro atoms. The smallest absolute Gasteiger partial charge is 0.222 e. The Balaban J connectivity index is 2.08. The highest BCUT2D eigenvalue weighted by Crippen LogP contribution is 2.16. The lowest BCUT2D eigenvalue weighted by molar-refractivity contribution is -0.114. The third-order valence-electron chi connectivity index (χ3n) is 2.91. The molecule has 1 heterocycles. The summed E-state index contributed by atoms with van der Waals surface area (Å²) in [7, 11) is 0. The maximum Gasteiger partial charge on any atom is 0.222 e.